The van der Waals surface area contributed by atoms with Gasteiger partial charge in [0.1, 0.15) is 23.9 Å². The van der Waals surface area contributed by atoms with Crippen LogP contribution in [0.5, 0.6) is 5.75 Å². The van der Waals surface area contributed by atoms with Gasteiger partial charge in [0.15, 0.2) is 0 Å². The third kappa shape index (κ3) is 4.02. The lowest BCUT2D eigenvalue weighted by molar-refractivity contribution is -0.113. The second kappa shape index (κ2) is 6.10. The molecule has 2 N–H and O–H groups in total. The third-order valence-electron chi connectivity index (χ3n) is 2.67. The molecular formula is C16H17NO3. The highest BCUT2D eigenvalue weighted by molar-refractivity contribution is 5.89. The Balaban J connectivity index is 1.99. The highest BCUT2D eigenvalue weighted by Gasteiger charge is 2.02. The van der Waals surface area contributed by atoms with Crippen molar-refractivity contribution in [3.63, 3.8) is 0 Å². The van der Waals surface area contributed by atoms with Crippen molar-refractivity contribution in [2.24, 2.45) is 5.73 Å². The molecule has 0 aliphatic heterocycles. The predicted molar refractivity (Wildman–Crippen MR) is 77.2 cm³/mol. The van der Waals surface area contributed by atoms with E-state index in [9.17, 15) is 4.79 Å². The van der Waals surface area contributed by atoms with E-state index in [1.54, 1.807) is 6.07 Å². The molecule has 0 spiro atoms. The molecule has 1 heterocycles. The van der Waals surface area contributed by atoms with E-state index in [1.807, 2.05) is 32.0 Å². The van der Waals surface area contributed by atoms with Gasteiger partial charge in [-0.3, -0.25) is 4.79 Å². The lowest BCUT2D eigenvalue weighted by atomic mass is 10.1. The number of amides is 1. The van der Waals surface area contributed by atoms with Crippen molar-refractivity contribution in [3.8, 4) is 5.75 Å². The zero-order chi connectivity index (χ0) is 14.5. The molecule has 20 heavy (non-hydrogen) atoms. The smallest absolute Gasteiger partial charge is 0.241 e. The Bertz CT molecular complexity index is 621. The minimum absolute atomic E-state index is 0.341. The van der Waals surface area contributed by atoms with Crippen molar-refractivity contribution in [2.45, 2.75) is 20.5 Å². The van der Waals surface area contributed by atoms with Crippen molar-refractivity contribution < 1.29 is 13.9 Å². The van der Waals surface area contributed by atoms with Gasteiger partial charge in [0.05, 0.1) is 0 Å². The fourth-order valence-electron chi connectivity index (χ4n) is 1.90. The number of aryl methyl sites for hydroxylation is 2. The largest absolute Gasteiger partial charge is 0.486 e. The lowest BCUT2D eigenvalue weighted by Gasteiger charge is -2.06. The van der Waals surface area contributed by atoms with Crippen molar-refractivity contribution in [1.82, 2.24) is 0 Å². The minimum atomic E-state index is -0.505. The first-order valence-corrected chi connectivity index (χ1v) is 6.30. The first-order valence-electron chi connectivity index (χ1n) is 6.30. The maximum absolute atomic E-state index is 10.6. The standard InChI is InChI=1S/C16H17NO3/c1-11-7-12(2)9-15(8-11)19-10-14-4-3-13(20-14)5-6-16(17)18/h3-9H,10H2,1-2H3,(H2,17,18)/b6-5+. The van der Waals surface area contributed by atoms with E-state index in [4.69, 9.17) is 14.9 Å². The van der Waals surface area contributed by atoms with Crippen molar-refractivity contribution in [1.29, 1.82) is 0 Å². The topological polar surface area (TPSA) is 65.5 Å². The Morgan fingerprint density at radius 2 is 1.95 bits per heavy atom. The maximum atomic E-state index is 10.6. The molecule has 0 atom stereocenters. The van der Waals surface area contributed by atoms with Crippen LogP contribution >= 0.6 is 0 Å². The van der Waals surface area contributed by atoms with Gasteiger partial charge in [-0.05, 0) is 55.3 Å². The number of hydrogen-bond donors (Lipinski definition) is 1. The van der Waals surface area contributed by atoms with Crippen LogP contribution in [0.1, 0.15) is 22.6 Å². The molecule has 0 bridgehead atoms. The Labute approximate surface area is 117 Å². The molecule has 0 saturated heterocycles. The number of nitrogens with two attached hydrogens (primary N) is 1. The molecule has 104 valence electrons. The van der Waals surface area contributed by atoms with Gasteiger partial charge in [0.2, 0.25) is 5.91 Å². The molecule has 0 aliphatic carbocycles. The molecule has 0 radical (unpaired) electrons. The van der Waals surface area contributed by atoms with Gasteiger partial charge >= 0.3 is 0 Å². The van der Waals surface area contributed by atoms with Gasteiger partial charge < -0.3 is 14.9 Å². The average molecular weight is 271 g/mol. The Hall–Kier alpha value is -2.49. The molecule has 2 aromatic rings. The number of carbonyl (C=O) groups excluding carboxylic acids is 1. The fraction of sp³-hybridized carbons (Fsp3) is 0.188. The Morgan fingerprint density at radius 1 is 1.25 bits per heavy atom. The normalized spacial score (nSPS) is 10.9. The third-order valence-corrected chi connectivity index (χ3v) is 2.67. The average Bonchev–Trinajstić information content (AvgIpc) is 2.81. The molecule has 4 nitrogen and oxygen atoms in total. The van der Waals surface area contributed by atoms with Gasteiger partial charge in [-0.2, -0.15) is 0 Å². The minimum Gasteiger partial charge on any atom is -0.486 e. The summed E-state index contributed by atoms with van der Waals surface area (Å²) in [5.41, 5.74) is 7.33. The lowest BCUT2D eigenvalue weighted by Crippen LogP contribution is -2.04. The summed E-state index contributed by atoms with van der Waals surface area (Å²) in [6.07, 6.45) is 2.79. The molecule has 0 unspecified atom stereocenters. The van der Waals surface area contributed by atoms with Crippen LogP contribution in [-0.4, -0.2) is 5.91 Å². The van der Waals surface area contributed by atoms with Crippen LogP contribution in [0.2, 0.25) is 0 Å². The van der Waals surface area contributed by atoms with Crippen LogP contribution in [0.15, 0.2) is 40.8 Å². The van der Waals surface area contributed by atoms with Crippen molar-refractivity contribution >= 4 is 12.0 Å². The fourth-order valence-corrected chi connectivity index (χ4v) is 1.90. The summed E-state index contributed by atoms with van der Waals surface area (Å²) >= 11 is 0. The van der Waals surface area contributed by atoms with Gasteiger partial charge in [-0.1, -0.05) is 6.07 Å². The van der Waals surface area contributed by atoms with Crippen LogP contribution < -0.4 is 10.5 Å². The van der Waals surface area contributed by atoms with E-state index < -0.39 is 5.91 Å². The summed E-state index contributed by atoms with van der Waals surface area (Å²) in [4.78, 5) is 10.6. The van der Waals surface area contributed by atoms with Crippen molar-refractivity contribution in [3.05, 3.63) is 59.1 Å². The molecule has 0 fully saturated rings. The summed E-state index contributed by atoms with van der Waals surface area (Å²) in [7, 11) is 0. The second-order valence-electron chi connectivity index (χ2n) is 4.65. The molecule has 1 aromatic heterocycles. The van der Waals surface area contributed by atoms with E-state index >= 15 is 0 Å². The molecule has 0 aliphatic rings. The van der Waals surface area contributed by atoms with Crippen molar-refractivity contribution in [2.75, 3.05) is 0 Å². The summed E-state index contributed by atoms with van der Waals surface area (Å²) in [5, 5.41) is 0. The van der Waals surface area contributed by atoms with Crippen LogP contribution in [0, 0.1) is 13.8 Å². The highest BCUT2D eigenvalue weighted by Crippen LogP contribution is 2.18. The maximum Gasteiger partial charge on any atom is 0.241 e. The van der Waals surface area contributed by atoms with Crippen LogP contribution in [0.4, 0.5) is 0 Å². The van der Waals surface area contributed by atoms with E-state index in [0.29, 0.717) is 18.1 Å². The number of ether oxygens (including phenoxy) is 1. The number of carbonyl (C=O) groups is 1. The number of furan rings is 1. The monoisotopic (exact) mass is 271 g/mol. The Morgan fingerprint density at radius 3 is 2.60 bits per heavy atom. The van der Waals surface area contributed by atoms with Gasteiger partial charge in [-0.25, -0.2) is 0 Å². The van der Waals surface area contributed by atoms with Crippen LogP contribution in [-0.2, 0) is 11.4 Å². The molecule has 2 rings (SSSR count). The van der Waals surface area contributed by atoms with E-state index in [-0.39, 0.29) is 0 Å². The molecule has 1 amide bonds. The Kier molecular flexibility index (Phi) is 4.25. The van der Waals surface area contributed by atoms with Gasteiger partial charge in [0, 0.05) is 6.08 Å². The summed E-state index contributed by atoms with van der Waals surface area (Å²) in [6, 6.07) is 9.61. The van der Waals surface area contributed by atoms with Crippen LogP contribution in [0.3, 0.4) is 0 Å². The summed E-state index contributed by atoms with van der Waals surface area (Å²) in [5.74, 6) is 1.57. The van der Waals surface area contributed by atoms with Gasteiger partial charge in [-0.15, -0.1) is 0 Å². The first kappa shape index (κ1) is 13.9. The number of primary amides is 1. The highest BCUT2D eigenvalue weighted by atomic mass is 16.5. The zero-order valence-corrected chi connectivity index (χ0v) is 11.6. The number of hydrogen-bond acceptors (Lipinski definition) is 3. The van der Waals surface area contributed by atoms with Gasteiger partial charge in [0.25, 0.3) is 0 Å². The predicted octanol–water partition coefficient (Wildman–Crippen LogP) is 2.97. The number of benzene rings is 1. The summed E-state index contributed by atoms with van der Waals surface area (Å²) in [6.45, 7) is 4.40. The second-order valence-corrected chi connectivity index (χ2v) is 4.65. The van der Waals surface area contributed by atoms with E-state index in [2.05, 4.69) is 6.07 Å². The van der Waals surface area contributed by atoms with E-state index in [0.717, 1.165) is 16.9 Å². The molecule has 0 saturated carbocycles. The molecule has 1 aromatic carbocycles. The van der Waals surface area contributed by atoms with Crippen LogP contribution in [0.25, 0.3) is 6.08 Å². The molecule has 4 heteroatoms. The zero-order valence-electron chi connectivity index (χ0n) is 11.6. The van der Waals surface area contributed by atoms with E-state index in [1.165, 1.54) is 12.2 Å². The quantitative estimate of drug-likeness (QED) is 0.850. The SMILES string of the molecule is Cc1cc(C)cc(OCc2ccc(/C=C/C(N)=O)o2)c1. The summed E-state index contributed by atoms with van der Waals surface area (Å²) < 4.78 is 11.2. The first-order chi connectivity index (χ1) is 9.52. The molecular weight excluding hydrogens is 254 g/mol. The number of rotatable bonds is 5.